The molecule has 2 N–H and O–H groups in total. The Morgan fingerprint density at radius 2 is 2.10 bits per heavy atom. The van der Waals surface area contributed by atoms with Crippen LogP contribution in [0, 0.1) is 0 Å². The molecule has 0 unspecified atom stereocenters. The van der Waals surface area contributed by atoms with Gasteiger partial charge in [-0.25, -0.2) is 4.98 Å². The molecule has 1 heterocycles. The number of rotatable bonds is 6. The van der Waals surface area contributed by atoms with Crippen molar-refractivity contribution in [3.8, 4) is 0 Å². The van der Waals surface area contributed by atoms with E-state index in [1.165, 1.54) is 12.1 Å². The summed E-state index contributed by atoms with van der Waals surface area (Å²) >= 11 is 1.76. The molecule has 110 valence electrons. The number of nitrogens with one attached hydrogen (secondary N) is 1. The Kier molecular flexibility index (Phi) is 7.18. The number of imidazole rings is 1. The smallest absolute Gasteiger partial charge is 0.341 e. The molecule has 6 nitrogen and oxygen atoms in total. The first-order chi connectivity index (χ1) is 9.36. The second-order valence-corrected chi connectivity index (χ2v) is 7.22. The van der Waals surface area contributed by atoms with Gasteiger partial charge in [0, 0.05) is 12.3 Å². The van der Waals surface area contributed by atoms with Crippen molar-refractivity contribution >= 4 is 32.9 Å². The molecular weight excluding hydrogens is 321 g/mol. The van der Waals surface area contributed by atoms with Crippen LogP contribution in [0.15, 0.2) is 23.1 Å². The van der Waals surface area contributed by atoms with Gasteiger partial charge in [0.25, 0.3) is 10.1 Å². The first kappa shape index (κ1) is 19.0. The normalized spacial score (nSPS) is 11.8. The second-order valence-electron chi connectivity index (χ2n) is 4.69. The average Bonchev–Trinajstić information content (AvgIpc) is 2.74. The van der Waals surface area contributed by atoms with Crippen LogP contribution in [0.4, 0.5) is 0 Å². The van der Waals surface area contributed by atoms with Gasteiger partial charge in [-0.15, -0.1) is 0 Å². The van der Waals surface area contributed by atoms with Crippen LogP contribution in [-0.4, -0.2) is 54.2 Å². The molecule has 0 aliphatic carbocycles. The second kappa shape index (κ2) is 7.96. The third kappa shape index (κ3) is 5.55. The quantitative estimate of drug-likeness (QED) is 0.383. The summed E-state index contributed by atoms with van der Waals surface area (Å²) in [7, 11) is -0.121. The number of aromatic amines is 1. The van der Waals surface area contributed by atoms with Crippen molar-refractivity contribution < 1.29 is 42.5 Å². The molecule has 0 bridgehead atoms. The van der Waals surface area contributed by atoms with Crippen LogP contribution in [-0.2, 0) is 15.9 Å². The minimum Gasteiger partial charge on any atom is -0.341 e. The van der Waals surface area contributed by atoms with Crippen molar-refractivity contribution in [2.45, 2.75) is 10.6 Å². The van der Waals surface area contributed by atoms with E-state index in [4.69, 9.17) is 4.55 Å². The summed E-state index contributed by atoms with van der Waals surface area (Å²) in [5, 5.41) is 0. The van der Waals surface area contributed by atoms with Crippen molar-refractivity contribution in [1.29, 1.82) is 0 Å². The SMILES string of the molecule is CN(C)CCSCc1nc2ccc(S(=O)(=O)O)cc2[nH]1.[Na+]. The number of fused-ring (bicyclic) bond motifs is 1. The zero-order valence-electron chi connectivity index (χ0n) is 12.3. The van der Waals surface area contributed by atoms with Crippen LogP contribution in [0.1, 0.15) is 5.82 Å². The van der Waals surface area contributed by atoms with E-state index in [0.717, 1.165) is 23.9 Å². The van der Waals surface area contributed by atoms with Crippen molar-refractivity contribution in [3.05, 3.63) is 24.0 Å². The predicted octanol–water partition coefficient (Wildman–Crippen LogP) is -1.39. The van der Waals surface area contributed by atoms with Crippen LogP contribution >= 0.6 is 11.8 Å². The minimum atomic E-state index is -4.17. The van der Waals surface area contributed by atoms with E-state index in [1.54, 1.807) is 17.8 Å². The summed E-state index contributed by atoms with van der Waals surface area (Å²) in [6.45, 7) is 0.998. The predicted molar refractivity (Wildman–Crippen MR) is 80.6 cm³/mol. The number of thioether (sulfide) groups is 1. The van der Waals surface area contributed by atoms with Crippen LogP contribution in [0.3, 0.4) is 0 Å². The van der Waals surface area contributed by atoms with Crippen molar-refractivity contribution in [3.63, 3.8) is 0 Å². The van der Waals surface area contributed by atoms with Gasteiger partial charge < -0.3 is 9.88 Å². The Morgan fingerprint density at radius 3 is 2.71 bits per heavy atom. The molecule has 0 aliphatic rings. The molecule has 0 saturated heterocycles. The summed E-state index contributed by atoms with van der Waals surface area (Å²) in [5.74, 6) is 2.54. The van der Waals surface area contributed by atoms with Crippen molar-refractivity contribution in [2.24, 2.45) is 0 Å². The molecule has 0 aliphatic heterocycles. The molecule has 0 fully saturated rings. The zero-order chi connectivity index (χ0) is 14.8. The molecule has 2 aromatic rings. The molecule has 9 heteroatoms. The number of hydrogen-bond donors (Lipinski definition) is 2. The standard InChI is InChI=1S/C12H17N3O3S2.Na/c1-15(2)5-6-19-8-12-13-10-4-3-9(20(16,17)18)7-11(10)14-12;/h3-4,7H,5-6,8H2,1-2H3,(H,13,14)(H,16,17,18);/q;+1. The van der Waals surface area contributed by atoms with E-state index < -0.39 is 10.1 Å². The molecule has 0 spiro atoms. The van der Waals surface area contributed by atoms with E-state index in [9.17, 15) is 8.42 Å². The number of H-pyrrole nitrogens is 1. The summed E-state index contributed by atoms with van der Waals surface area (Å²) in [6.07, 6.45) is 0. The van der Waals surface area contributed by atoms with Gasteiger partial charge in [0.2, 0.25) is 0 Å². The van der Waals surface area contributed by atoms with Crippen LogP contribution in [0.25, 0.3) is 11.0 Å². The van der Waals surface area contributed by atoms with Gasteiger partial charge in [-0.3, -0.25) is 4.55 Å². The fourth-order valence-corrected chi connectivity index (χ4v) is 3.16. The summed E-state index contributed by atoms with van der Waals surface area (Å²) < 4.78 is 31.2. The summed E-state index contributed by atoms with van der Waals surface area (Å²) in [4.78, 5) is 9.45. The van der Waals surface area contributed by atoms with Gasteiger partial charge in [0.05, 0.1) is 21.7 Å². The number of aromatic nitrogens is 2. The molecule has 1 aromatic carbocycles. The molecule has 0 saturated carbocycles. The molecule has 21 heavy (non-hydrogen) atoms. The van der Waals surface area contributed by atoms with E-state index in [2.05, 4.69) is 14.9 Å². The number of benzene rings is 1. The van der Waals surface area contributed by atoms with Gasteiger partial charge in [-0.1, -0.05) is 0 Å². The zero-order valence-corrected chi connectivity index (χ0v) is 16.0. The Balaban J connectivity index is 0.00000220. The molecule has 2 rings (SSSR count). The largest absolute Gasteiger partial charge is 1.00 e. The fourth-order valence-electron chi connectivity index (χ4n) is 1.69. The Bertz CT molecular complexity index is 701. The maximum absolute atomic E-state index is 11.1. The Hall–Kier alpha value is -0.0900. The van der Waals surface area contributed by atoms with Gasteiger partial charge >= 0.3 is 29.6 Å². The van der Waals surface area contributed by atoms with Crippen LogP contribution < -0.4 is 29.6 Å². The van der Waals surface area contributed by atoms with Crippen molar-refractivity contribution in [1.82, 2.24) is 14.9 Å². The molecule has 0 atom stereocenters. The number of hydrogen-bond acceptors (Lipinski definition) is 5. The van der Waals surface area contributed by atoms with Crippen LogP contribution in [0.5, 0.6) is 0 Å². The van der Waals surface area contributed by atoms with Gasteiger partial charge in [0.15, 0.2) is 0 Å². The van der Waals surface area contributed by atoms with E-state index in [1.807, 2.05) is 14.1 Å². The summed E-state index contributed by atoms with van der Waals surface area (Å²) in [5.41, 5.74) is 1.31. The van der Waals surface area contributed by atoms with Crippen molar-refractivity contribution in [2.75, 3.05) is 26.4 Å². The maximum atomic E-state index is 11.1. The van der Waals surface area contributed by atoms with E-state index in [-0.39, 0.29) is 34.5 Å². The van der Waals surface area contributed by atoms with Gasteiger partial charge in [0.1, 0.15) is 5.82 Å². The van der Waals surface area contributed by atoms with E-state index in [0.29, 0.717) is 11.0 Å². The Labute approximate surface area is 150 Å². The monoisotopic (exact) mass is 338 g/mol. The first-order valence-electron chi connectivity index (χ1n) is 6.05. The maximum Gasteiger partial charge on any atom is 1.00 e. The Morgan fingerprint density at radius 1 is 1.38 bits per heavy atom. The molecular formula is C12H17N3NaO3S2+. The van der Waals surface area contributed by atoms with Gasteiger partial charge in [-0.2, -0.15) is 20.2 Å². The topological polar surface area (TPSA) is 86.3 Å². The summed E-state index contributed by atoms with van der Waals surface area (Å²) in [6, 6.07) is 4.33. The molecule has 0 radical (unpaired) electrons. The van der Waals surface area contributed by atoms with Crippen LogP contribution in [0.2, 0.25) is 0 Å². The minimum absolute atomic E-state index is 0. The number of nitrogens with zero attached hydrogens (tertiary/aromatic N) is 2. The third-order valence-electron chi connectivity index (χ3n) is 2.72. The third-order valence-corrected chi connectivity index (χ3v) is 4.52. The van der Waals surface area contributed by atoms with E-state index >= 15 is 0 Å². The average molecular weight is 338 g/mol. The molecule has 0 amide bonds. The molecule has 1 aromatic heterocycles. The first-order valence-corrected chi connectivity index (χ1v) is 8.64. The van der Waals surface area contributed by atoms with Gasteiger partial charge in [-0.05, 0) is 32.3 Å². The fraction of sp³-hybridized carbons (Fsp3) is 0.417.